The summed E-state index contributed by atoms with van der Waals surface area (Å²) < 4.78 is 5.25. The van der Waals surface area contributed by atoms with Gasteiger partial charge in [-0.25, -0.2) is 0 Å². The number of ketones is 1. The van der Waals surface area contributed by atoms with Crippen LogP contribution in [0.1, 0.15) is 14.5 Å². The van der Waals surface area contributed by atoms with Gasteiger partial charge in [0, 0.05) is 11.4 Å². The van der Waals surface area contributed by atoms with Gasteiger partial charge in [-0.1, -0.05) is 0 Å². The van der Waals surface area contributed by atoms with E-state index in [1.807, 2.05) is 19.1 Å². The van der Waals surface area contributed by atoms with Crippen LogP contribution in [0, 0.1) is 6.92 Å². The normalized spacial score (nSPS) is 22.2. The highest BCUT2D eigenvalue weighted by Crippen LogP contribution is 2.17. The van der Waals surface area contributed by atoms with E-state index in [0.717, 1.165) is 11.4 Å². The van der Waals surface area contributed by atoms with Crippen LogP contribution in [0.5, 0.6) is 0 Å². The number of thiophene rings is 1. The maximum atomic E-state index is 11.9. The first-order chi connectivity index (χ1) is 6.77. The largest absolute Gasteiger partial charge is 0.378 e. The Balaban J connectivity index is 2.07. The smallest absolute Gasteiger partial charge is 0.191 e. The lowest BCUT2D eigenvalue weighted by atomic mass is 10.1. The van der Waals surface area contributed by atoms with E-state index < -0.39 is 0 Å². The topological polar surface area (TPSA) is 38.3 Å². The molecule has 0 spiro atoms. The molecule has 1 atom stereocenters. The summed E-state index contributed by atoms with van der Waals surface area (Å²) in [4.78, 5) is 13.9. The zero-order valence-electron chi connectivity index (χ0n) is 8.08. The van der Waals surface area contributed by atoms with Crippen LogP contribution >= 0.6 is 11.3 Å². The predicted molar refractivity (Wildman–Crippen MR) is 56.0 cm³/mol. The monoisotopic (exact) mass is 211 g/mol. The maximum Gasteiger partial charge on any atom is 0.191 e. The Morgan fingerprint density at radius 2 is 2.50 bits per heavy atom. The molecule has 3 nitrogen and oxygen atoms in total. The Morgan fingerprint density at radius 1 is 1.64 bits per heavy atom. The summed E-state index contributed by atoms with van der Waals surface area (Å²) in [7, 11) is 0. The number of Topliss-reactive ketones (excluding diaryl/α,β-unsaturated/α-hetero) is 1. The van der Waals surface area contributed by atoms with Gasteiger partial charge in [0.15, 0.2) is 5.78 Å². The van der Waals surface area contributed by atoms with Crippen molar-refractivity contribution < 1.29 is 9.53 Å². The summed E-state index contributed by atoms with van der Waals surface area (Å²) in [6.45, 7) is 3.97. The molecule has 1 fully saturated rings. The van der Waals surface area contributed by atoms with Crippen molar-refractivity contribution in [3.05, 3.63) is 21.9 Å². The molecule has 1 aromatic rings. The minimum Gasteiger partial charge on any atom is -0.378 e. The van der Waals surface area contributed by atoms with E-state index in [0.29, 0.717) is 13.2 Å². The maximum absolute atomic E-state index is 11.9. The van der Waals surface area contributed by atoms with E-state index in [1.165, 1.54) is 4.88 Å². The van der Waals surface area contributed by atoms with Crippen LogP contribution in [0.4, 0.5) is 0 Å². The fraction of sp³-hybridized carbons (Fsp3) is 0.500. The number of carbonyl (C=O) groups is 1. The summed E-state index contributed by atoms with van der Waals surface area (Å²) in [5.41, 5.74) is 0. The molecule has 1 unspecified atom stereocenters. The Bertz CT molecular complexity index is 329. The van der Waals surface area contributed by atoms with E-state index in [-0.39, 0.29) is 11.8 Å². The summed E-state index contributed by atoms with van der Waals surface area (Å²) in [5, 5.41) is 3.16. The minimum absolute atomic E-state index is 0.151. The number of rotatable bonds is 2. The molecule has 1 aliphatic heterocycles. The molecule has 1 N–H and O–H groups in total. The molecule has 1 aromatic heterocycles. The Hall–Kier alpha value is -0.710. The molecule has 76 valence electrons. The van der Waals surface area contributed by atoms with Gasteiger partial charge in [0.1, 0.15) is 0 Å². The molecule has 0 bridgehead atoms. The molecule has 2 rings (SSSR count). The predicted octanol–water partition coefficient (Wildman–Crippen LogP) is 1.23. The van der Waals surface area contributed by atoms with Gasteiger partial charge in [-0.15, -0.1) is 11.3 Å². The standard InChI is InChI=1S/C10H13NO2S/c1-7-2-3-9(14-7)10(12)8-6-13-5-4-11-8/h2-3,8,11H,4-6H2,1H3. The zero-order valence-corrected chi connectivity index (χ0v) is 8.89. The third-order valence-corrected chi connectivity index (χ3v) is 3.24. The van der Waals surface area contributed by atoms with Crippen LogP contribution in [-0.4, -0.2) is 31.6 Å². The van der Waals surface area contributed by atoms with E-state index in [2.05, 4.69) is 5.32 Å². The Labute approximate surface area is 87.1 Å². The van der Waals surface area contributed by atoms with Gasteiger partial charge >= 0.3 is 0 Å². The average Bonchev–Trinajstić information content (AvgIpc) is 2.65. The second-order valence-electron chi connectivity index (χ2n) is 3.36. The van der Waals surface area contributed by atoms with Crippen LogP contribution in [0.3, 0.4) is 0 Å². The number of morpholine rings is 1. The molecule has 2 heterocycles. The van der Waals surface area contributed by atoms with Crippen LogP contribution in [0.25, 0.3) is 0 Å². The van der Waals surface area contributed by atoms with Crippen molar-refractivity contribution in [3.8, 4) is 0 Å². The lowest BCUT2D eigenvalue weighted by Gasteiger charge is -2.21. The van der Waals surface area contributed by atoms with Crippen molar-refractivity contribution in [3.63, 3.8) is 0 Å². The molecule has 0 amide bonds. The second-order valence-corrected chi connectivity index (χ2v) is 4.64. The highest BCUT2D eigenvalue weighted by atomic mass is 32.1. The van der Waals surface area contributed by atoms with Crippen molar-refractivity contribution >= 4 is 17.1 Å². The molecule has 1 aliphatic rings. The van der Waals surface area contributed by atoms with Gasteiger partial charge in [-0.3, -0.25) is 4.79 Å². The Kier molecular flexibility index (Phi) is 2.96. The molecule has 0 saturated carbocycles. The van der Waals surface area contributed by atoms with Crippen LogP contribution in [0.2, 0.25) is 0 Å². The second kappa shape index (κ2) is 4.21. The van der Waals surface area contributed by atoms with Crippen molar-refractivity contribution in [2.75, 3.05) is 19.8 Å². The van der Waals surface area contributed by atoms with Crippen LogP contribution in [0.15, 0.2) is 12.1 Å². The third kappa shape index (κ3) is 2.03. The number of aryl methyl sites for hydroxylation is 1. The summed E-state index contributed by atoms with van der Waals surface area (Å²) in [6.07, 6.45) is 0. The lowest BCUT2D eigenvalue weighted by Crippen LogP contribution is -2.46. The summed E-state index contributed by atoms with van der Waals surface area (Å²) in [6, 6.07) is 3.71. The van der Waals surface area contributed by atoms with Crippen molar-refractivity contribution in [2.24, 2.45) is 0 Å². The first kappa shape index (κ1) is 9.83. The molecule has 0 aromatic carbocycles. The fourth-order valence-electron chi connectivity index (χ4n) is 1.47. The van der Waals surface area contributed by atoms with E-state index >= 15 is 0 Å². The van der Waals surface area contributed by atoms with Gasteiger partial charge in [0.05, 0.1) is 24.1 Å². The first-order valence-electron chi connectivity index (χ1n) is 4.69. The van der Waals surface area contributed by atoms with Crippen LogP contribution in [-0.2, 0) is 4.74 Å². The number of ether oxygens (including phenoxy) is 1. The highest BCUT2D eigenvalue weighted by molar-refractivity contribution is 7.14. The van der Waals surface area contributed by atoms with Crippen LogP contribution < -0.4 is 5.32 Å². The number of hydrogen-bond donors (Lipinski definition) is 1. The molecule has 0 aliphatic carbocycles. The highest BCUT2D eigenvalue weighted by Gasteiger charge is 2.23. The summed E-state index contributed by atoms with van der Waals surface area (Å²) in [5.74, 6) is 0.155. The molecular formula is C10H13NO2S. The van der Waals surface area contributed by atoms with Crippen molar-refractivity contribution in [1.29, 1.82) is 0 Å². The van der Waals surface area contributed by atoms with Crippen molar-refractivity contribution in [1.82, 2.24) is 5.32 Å². The van der Waals surface area contributed by atoms with Gasteiger partial charge in [0.25, 0.3) is 0 Å². The molecule has 14 heavy (non-hydrogen) atoms. The zero-order chi connectivity index (χ0) is 9.97. The first-order valence-corrected chi connectivity index (χ1v) is 5.51. The van der Waals surface area contributed by atoms with Gasteiger partial charge in [-0.2, -0.15) is 0 Å². The van der Waals surface area contributed by atoms with E-state index in [4.69, 9.17) is 4.74 Å². The van der Waals surface area contributed by atoms with Gasteiger partial charge in [-0.05, 0) is 19.1 Å². The lowest BCUT2D eigenvalue weighted by molar-refractivity contribution is 0.0610. The molecule has 1 saturated heterocycles. The average molecular weight is 211 g/mol. The minimum atomic E-state index is -0.151. The van der Waals surface area contributed by atoms with E-state index in [9.17, 15) is 4.79 Å². The van der Waals surface area contributed by atoms with E-state index in [1.54, 1.807) is 11.3 Å². The quantitative estimate of drug-likeness (QED) is 0.748. The molecular weight excluding hydrogens is 198 g/mol. The van der Waals surface area contributed by atoms with Crippen molar-refractivity contribution in [2.45, 2.75) is 13.0 Å². The van der Waals surface area contributed by atoms with Gasteiger partial charge < -0.3 is 10.1 Å². The van der Waals surface area contributed by atoms with Gasteiger partial charge in [0.2, 0.25) is 0 Å². The Morgan fingerprint density at radius 3 is 3.07 bits per heavy atom. The molecule has 4 heteroatoms. The number of hydrogen-bond acceptors (Lipinski definition) is 4. The number of nitrogens with one attached hydrogen (secondary N) is 1. The SMILES string of the molecule is Cc1ccc(C(=O)C2COCCN2)s1. The molecule has 0 radical (unpaired) electrons. The fourth-order valence-corrected chi connectivity index (χ4v) is 2.33. The summed E-state index contributed by atoms with van der Waals surface area (Å²) >= 11 is 1.54. The number of carbonyl (C=O) groups excluding carboxylic acids is 1. The third-order valence-electron chi connectivity index (χ3n) is 2.22.